The average molecular weight is 426 g/mol. The molecule has 1 aromatic heterocycles. The lowest BCUT2D eigenvalue weighted by Gasteiger charge is -2.12. The normalized spacial score (nSPS) is 11.4. The Bertz CT molecular complexity index is 1180. The molecule has 0 aliphatic carbocycles. The third kappa shape index (κ3) is 5.03. The molecule has 0 bridgehead atoms. The summed E-state index contributed by atoms with van der Waals surface area (Å²) in [6.45, 7) is 0.816. The minimum Gasteiger partial charge on any atom is -0.348 e. The molecule has 3 rings (SSSR count). The van der Waals surface area contributed by atoms with Crippen molar-refractivity contribution in [2.24, 2.45) is 0 Å². The zero-order chi connectivity index (χ0) is 21.7. The van der Waals surface area contributed by atoms with Gasteiger partial charge in [-0.3, -0.25) is 9.59 Å². The molecule has 156 valence electrons. The largest absolute Gasteiger partial charge is 0.348 e. The lowest BCUT2D eigenvalue weighted by Crippen LogP contribution is -2.24. The molecule has 30 heavy (non-hydrogen) atoms. The molecule has 0 unspecified atom stereocenters. The second-order valence-corrected chi connectivity index (χ2v) is 9.13. The van der Waals surface area contributed by atoms with Crippen molar-refractivity contribution in [2.45, 2.75) is 18.0 Å². The first-order valence-electron chi connectivity index (χ1n) is 9.31. The van der Waals surface area contributed by atoms with Crippen molar-refractivity contribution >= 4 is 15.9 Å². The van der Waals surface area contributed by atoms with E-state index in [9.17, 15) is 18.0 Å². The van der Waals surface area contributed by atoms with E-state index in [0.29, 0.717) is 18.7 Å². The third-order valence-electron chi connectivity index (χ3n) is 4.62. The highest BCUT2D eigenvalue weighted by Crippen LogP contribution is 2.14. The number of sulfonamides is 1. The molecule has 0 aliphatic heterocycles. The second kappa shape index (κ2) is 9.06. The quantitative estimate of drug-likeness (QED) is 0.628. The Morgan fingerprint density at radius 3 is 2.17 bits per heavy atom. The van der Waals surface area contributed by atoms with E-state index < -0.39 is 10.0 Å². The van der Waals surface area contributed by atoms with Crippen LogP contribution in [0.2, 0.25) is 0 Å². The zero-order valence-electron chi connectivity index (χ0n) is 16.8. The summed E-state index contributed by atoms with van der Waals surface area (Å²) in [4.78, 5) is 24.3. The zero-order valence-corrected chi connectivity index (χ0v) is 17.6. The van der Waals surface area contributed by atoms with Gasteiger partial charge in [0.1, 0.15) is 0 Å². The van der Waals surface area contributed by atoms with Gasteiger partial charge >= 0.3 is 0 Å². The summed E-state index contributed by atoms with van der Waals surface area (Å²) < 4.78 is 26.9. The number of nitrogens with one attached hydrogen (secondary N) is 1. The first kappa shape index (κ1) is 21.5. The van der Waals surface area contributed by atoms with Crippen LogP contribution in [-0.2, 0) is 23.1 Å². The fourth-order valence-electron chi connectivity index (χ4n) is 2.82. The molecule has 0 saturated heterocycles. The fourth-order valence-corrected chi connectivity index (χ4v) is 3.73. The van der Waals surface area contributed by atoms with Crippen molar-refractivity contribution in [1.82, 2.24) is 14.2 Å². The minimum absolute atomic E-state index is 0.0572. The molecule has 8 heteroatoms. The minimum atomic E-state index is -3.52. The van der Waals surface area contributed by atoms with Crippen LogP contribution in [0.25, 0.3) is 0 Å². The Hall–Kier alpha value is -3.23. The number of hydrogen-bond donors (Lipinski definition) is 1. The van der Waals surface area contributed by atoms with Gasteiger partial charge in [-0.2, -0.15) is 0 Å². The van der Waals surface area contributed by atoms with Crippen LogP contribution in [-0.4, -0.2) is 37.3 Å². The molecule has 3 aromatic rings. The predicted molar refractivity (Wildman–Crippen MR) is 115 cm³/mol. The highest BCUT2D eigenvalue weighted by molar-refractivity contribution is 7.89. The van der Waals surface area contributed by atoms with Crippen molar-refractivity contribution in [3.05, 3.63) is 100.0 Å². The summed E-state index contributed by atoms with van der Waals surface area (Å²) in [7, 11) is -0.608. The maximum Gasteiger partial charge on any atom is 0.251 e. The van der Waals surface area contributed by atoms with Gasteiger partial charge in [-0.05, 0) is 41.5 Å². The van der Waals surface area contributed by atoms with Gasteiger partial charge < -0.3 is 9.88 Å². The molecule has 0 radical (unpaired) electrons. The van der Waals surface area contributed by atoms with E-state index in [2.05, 4.69) is 5.32 Å². The van der Waals surface area contributed by atoms with Crippen LogP contribution in [0.15, 0.2) is 82.6 Å². The van der Waals surface area contributed by atoms with Gasteiger partial charge in [-0.1, -0.05) is 30.3 Å². The number of benzene rings is 2. The Balaban J connectivity index is 1.59. The van der Waals surface area contributed by atoms with Crippen molar-refractivity contribution in [2.75, 3.05) is 14.1 Å². The first-order valence-corrected chi connectivity index (χ1v) is 10.8. The average Bonchev–Trinajstić information content (AvgIpc) is 2.74. The van der Waals surface area contributed by atoms with Crippen LogP contribution in [0.4, 0.5) is 0 Å². The van der Waals surface area contributed by atoms with Crippen molar-refractivity contribution in [1.29, 1.82) is 0 Å². The van der Waals surface area contributed by atoms with E-state index >= 15 is 0 Å². The molecule has 0 atom stereocenters. The number of pyridine rings is 1. The van der Waals surface area contributed by atoms with E-state index in [1.807, 2.05) is 30.3 Å². The van der Waals surface area contributed by atoms with E-state index in [0.717, 1.165) is 15.4 Å². The number of carbonyl (C=O) groups is 1. The van der Waals surface area contributed by atoms with Gasteiger partial charge in [-0.15, -0.1) is 0 Å². The Kier molecular flexibility index (Phi) is 6.49. The summed E-state index contributed by atoms with van der Waals surface area (Å²) in [6, 6.07) is 18.5. The maximum atomic E-state index is 12.3. The molecular weight excluding hydrogens is 402 g/mol. The third-order valence-corrected chi connectivity index (χ3v) is 6.45. The summed E-state index contributed by atoms with van der Waals surface area (Å²) in [6.07, 6.45) is 1.74. The van der Waals surface area contributed by atoms with Crippen molar-refractivity contribution in [3.8, 4) is 0 Å². The summed E-state index contributed by atoms with van der Waals surface area (Å²) in [5, 5.41) is 2.82. The van der Waals surface area contributed by atoms with Crippen LogP contribution in [0, 0.1) is 0 Å². The van der Waals surface area contributed by atoms with Gasteiger partial charge in [0.25, 0.3) is 11.5 Å². The Labute approximate surface area is 175 Å². The van der Waals surface area contributed by atoms with Crippen LogP contribution < -0.4 is 10.9 Å². The molecule has 1 heterocycles. The monoisotopic (exact) mass is 425 g/mol. The summed E-state index contributed by atoms with van der Waals surface area (Å²) >= 11 is 0. The van der Waals surface area contributed by atoms with E-state index in [1.54, 1.807) is 16.8 Å². The number of nitrogens with zero attached hydrogens (tertiary/aromatic N) is 2. The van der Waals surface area contributed by atoms with Crippen molar-refractivity contribution in [3.63, 3.8) is 0 Å². The molecule has 0 saturated carbocycles. The van der Waals surface area contributed by atoms with E-state index in [4.69, 9.17) is 0 Å². The van der Waals surface area contributed by atoms with E-state index in [-0.39, 0.29) is 16.4 Å². The Morgan fingerprint density at radius 2 is 1.57 bits per heavy atom. The summed E-state index contributed by atoms with van der Waals surface area (Å²) in [5.74, 6) is -0.288. The van der Waals surface area contributed by atoms with Gasteiger partial charge in [0.15, 0.2) is 0 Å². The number of amides is 1. The first-order chi connectivity index (χ1) is 14.3. The fraction of sp³-hybridized carbons (Fsp3) is 0.182. The van der Waals surface area contributed by atoms with Crippen LogP contribution in [0.1, 0.15) is 21.5 Å². The second-order valence-electron chi connectivity index (χ2n) is 6.98. The number of carbonyl (C=O) groups excluding carboxylic acids is 1. The van der Waals surface area contributed by atoms with Crippen LogP contribution in [0.3, 0.4) is 0 Å². The lowest BCUT2D eigenvalue weighted by atomic mass is 10.1. The highest BCUT2D eigenvalue weighted by atomic mass is 32.2. The standard InChI is InChI=1S/C22H23N3O4S/c1-24(2)30(28,29)20-12-10-19(11-13-20)22(27)23-15-17-6-8-18(9-7-17)16-25-14-4-3-5-21(25)26/h3-14H,15-16H2,1-2H3,(H,23,27). The smallest absolute Gasteiger partial charge is 0.251 e. The predicted octanol–water partition coefficient (Wildman–Crippen LogP) is 2.08. The molecule has 7 nitrogen and oxygen atoms in total. The summed E-state index contributed by atoms with van der Waals surface area (Å²) in [5.41, 5.74) is 2.22. The van der Waals surface area contributed by atoms with Gasteiger partial charge in [0.2, 0.25) is 10.0 Å². The van der Waals surface area contributed by atoms with Gasteiger partial charge in [0, 0.05) is 38.5 Å². The molecule has 1 N–H and O–H groups in total. The van der Waals surface area contributed by atoms with Gasteiger partial charge in [-0.25, -0.2) is 12.7 Å². The molecule has 1 amide bonds. The topological polar surface area (TPSA) is 88.5 Å². The Morgan fingerprint density at radius 1 is 0.933 bits per heavy atom. The highest BCUT2D eigenvalue weighted by Gasteiger charge is 2.17. The number of rotatable bonds is 7. The van der Waals surface area contributed by atoms with Gasteiger partial charge in [0.05, 0.1) is 11.4 Å². The van der Waals surface area contributed by atoms with E-state index in [1.165, 1.54) is 44.4 Å². The number of hydrogen-bond acceptors (Lipinski definition) is 4. The molecule has 0 spiro atoms. The molecule has 2 aromatic carbocycles. The number of aromatic nitrogens is 1. The van der Waals surface area contributed by atoms with Crippen molar-refractivity contribution < 1.29 is 13.2 Å². The molecule has 0 aliphatic rings. The lowest BCUT2D eigenvalue weighted by molar-refractivity contribution is 0.0951. The SMILES string of the molecule is CN(C)S(=O)(=O)c1ccc(C(=O)NCc2ccc(Cn3ccccc3=O)cc2)cc1. The molecular formula is C22H23N3O4S. The van der Waals surface area contributed by atoms with Crippen LogP contribution in [0.5, 0.6) is 0 Å². The van der Waals surface area contributed by atoms with Crippen LogP contribution >= 0.6 is 0 Å². The maximum absolute atomic E-state index is 12.3. The molecule has 0 fully saturated rings.